The van der Waals surface area contributed by atoms with Gasteiger partial charge in [-0.25, -0.2) is 0 Å². The predicted octanol–water partition coefficient (Wildman–Crippen LogP) is 3.72. The molecule has 110 valence electrons. The quantitative estimate of drug-likeness (QED) is 0.903. The van der Waals surface area contributed by atoms with E-state index in [-0.39, 0.29) is 6.04 Å². The van der Waals surface area contributed by atoms with Gasteiger partial charge in [0.15, 0.2) is 0 Å². The molecule has 1 aromatic carbocycles. The van der Waals surface area contributed by atoms with Gasteiger partial charge in [0.25, 0.3) is 0 Å². The van der Waals surface area contributed by atoms with Crippen LogP contribution in [0.3, 0.4) is 0 Å². The van der Waals surface area contributed by atoms with Crippen molar-refractivity contribution in [2.24, 2.45) is 11.7 Å². The Bertz CT molecular complexity index is 573. The summed E-state index contributed by atoms with van der Waals surface area (Å²) in [5, 5.41) is 1.18. The fourth-order valence-corrected chi connectivity index (χ4v) is 2.84. The molecular formula is C17H26N2O. The van der Waals surface area contributed by atoms with Crippen LogP contribution in [-0.4, -0.2) is 24.5 Å². The lowest BCUT2D eigenvalue weighted by atomic mass is 9.97. The van der Waals surface area contributed by atoms with Gasteiger partial charge in [0.2, 0.25) is 0 Å². The van der Waals surface area contributed by atoms with Gasteiger partial charge < -0.3 is 10.2 Å². The molecule has 0 radical (unpaired) electrons. The third-order valence-corrected chi connectivity index (χ3v) is 4.47. The van der Waals surface area contributed by atoms with Crippen LogP contribution in [0.5, 0.6) is 0 Å². The second-order valence-electron chi connectivity index (χ2n) is 5.97. The number of nitrogens with zero attached hydrogens (tertiary/aromatic N) is 1. The smallest absolute Gasteiger partial charge is 0.134 e. The van der Waals surface area contributed by atoms with Crippen molar-refractivity contribution in [3.63, 3.8) is 0 Å². The van der Waals surface area contributed by atoms with E-state index in [0.29, 0.717) is 18.5 Å². The van der Waals surface area contributed by atoms with E-state index in [1.54, 1.807) is 0 Å². The van der Waals surface area contributed by atoms with Gasteiger partial charge in [0.1, 0.15) is 11.3 Å². The van der Waals surface area contributed by atoms with Crippen LogP contribution >= 0.6 is 0 Å². The van der Waals surface area contributed by atoms with E-state index in [1.165, 1.54) is 10.9 Å². The molecule has 0 saturated carbocycles. The highest BCUT2D eigenvalue weighted by Gasteiger charge is 2.26. The summed E-state index contributed by atoms with van der Waals surface area (Å²) in [6.45, 7) is 9.37. The first-order chi connectivity index (χ1) is 9.47. The highest BCUT2D eigenvalue weighted by atomic mass is 16.3. The summed E-state index contributed by atoms with van der Waals surface area (Å²) in [6, 6.07) is 8.86. The van der Waals surface area contributed by atoms with Gasteiger partial charge >= 0.3 is 0 Å². The van der Waals surface area contributed by atoms with Crippen LogP contribution in [0.1, 0.15) is 38.1 Å². The number of benzene rings is 1. The molecule has 3 heteroatoms. The molecule has 2 atom stereocenters. The van der Waals surface area contributed by atoms with Gasteiger partial charge in [-0.3, -0.25) is 4.90 Å². The molecule has 0 bridgehead atoms. The van der Waals surface area contributed by atoms with Crippen LogP contribution in [0.4, 0.5) is 0 Å². The number of likely N-dealkylation sites (N-methyl/N-ethyl adjacent to an activating group) is 1. The van der Waals surface area contributed by atoms with Crippen LogP contribution < -0.4 is 5.73 Å². The molecule has 1 aromatic heterocycles. The van der Waals surface area contributed by atoms with Crippen molar-refractivity contribution in [1.82, 2.24) is 4.90 Å². The van der Waals surface area contributed by atoms with Crippen LogP contribution in [-0.2, 0) is 0 Å². The Balaban J connectivity index is 2.46. The second kappa shape index (κ2) is 5.98. The third kappa shape index (κ3) is 2.60. The standard InChI is InChI=1S/C17H26N2O/c1-11(2)12(3)19(5)15(10-18)17-13(4)20-16-9-7-6-8-14(16)17/h6-9,11-12,15H,10,18H2,1-5H3. The molecule has 0 saturated heterocycles. The molecule has 2 rings (SSSR count). The summed E-state index contributed by atoms with van der Waals surface area (Å²) in [4.78, 5) is 2.37. The third-order valence-electron chi connectivity index (χ3n) is 4.47. The van der Waals surface area contributed by atoms with Gasteiger partial charge in [-0.2, -0.15) is 0 Å². The monoisotopic (exact) mass is 274 g/mol. The number of hydrogen-bond acceptors (Lipinski definition) is 3. The van der Waals surface area contributed by atoms with E-state index in [2.05, 4.69) is 44.9 Å². The number of aryl methyl sites for hydroxylation is 1. The van der Waals surface area contributed by atoms with Gasteiger partial charge in [0, 0.05) is 23.5 Å². The van der Waals surface area contributed by atoms with Crippen molar-refractivity contribution < 1.29 is 4.42 Å². The highest BCUT2D eigenvalue weighted by molar-refractivity contribution is 5.82. The van der Waals surface area contributed by atoms with Crippen LogP contribution in [0.15, 0.2) is 28.7 Å². The summed E-state index contributed by atoms with van der Waals surface area (Å²) in [7, 11) is 2.16. The van der Waals surface area contributed by atoms with Gasteiger partial charge in [-0.1, -0.05) is 32.0 Å². The minimum Gasteiger partial charge on any atom is -0.461 e. The van der Waals surface area contributed by atoms with Crippen LogP contribution in [0.2, 0.25) is 0 Å². The maximum absolute atomic E-state index is 6.08. The lowest BCUT2D eigenvalue weighted by molar-refractivity contribution is 0.151. The first kappa shape index (κ1) is 15.1. The molecule has 2 N–H and O–H groups in total. The normalized spacial score (nSPS) is 15.2. The SMILES string of the molecule is Cc1oc2ccccc2c1C(CN)N(C)C(C)C(C)C. The maximum Gasteiger partial charge on any atom is 0.134 e. The molecule has 0 amide bonds. The maximum atomic E-state index is 6.08. The van der Waals surface area contributed by atoms with E-state index in [1.807, 2.05) is 19.1 Å². The average molecular weight is 274 g/mol. The fourth-order valence-electron chi connectivity index (χ4n) is 2.84. The number of hydrogen-bond donors (Lipinski definition) is 1. The highest BCUT2D eigenvalue weighted by Crippen LogP contribution is 2.34. The van der Waals surface area contributed by atoms with Crippen LogP contribution in [0, 0.1) is 12.8 Å². The van der Waals surface area contributed by atoms with Crippen molar-refractivity contribution in [3.05, 3.63) is 35.6 Å². The van der Waals surface area contributed by atoms with E-state index in [4.69, 9.17) is 10.2 Å². The average Bonchev–Trinajstić information content (AvgIpc) is 2.75. The number of nitrogens with two attached hydrogens (primary N) is 1. The summed E-state index contributed by atoms with van der Waals surface area (Å²) in [5.74, 6) is 1.57. The topological polar surface area (TPSA) is 42.4 Å². The zero-order valence-corrected chi connectivity index (χ0v) is 13.2. The molecule has 0 fully saturated rings. The Kier molecular flexibility index (Phi) is 4.51. The molecule has 0 aliphatic rings. The van der Waals surface area contributed by atoms with Gasteiger partial charge in [-0.05, 0) is 32.9 Å². The predicted molar refractivity (Wildman–Crippen MR) is 84.8 cm³/mol. The zero-order chi connectivity index (χ0) is 14.9. The second-order valence-corrected chi connectivity index (χ2v) is 5.97. The van der Waals surface area contributed by atoms with E-state index >= 15 is 0 Å². The molecule has 2 aromatic rings. The van der Waals surface area contributed by atoms with Gasteiger partial charge in [0.05, 0.1) is 6.04 Å². The number of furan rings is 1. The zero-order valence-electron chi connectivity index (χ0n) is 13.2. The fraction of sp³-hybridized carbons (Fsp3) is 0.529. The summed E-state index contributed by atoms with van der Waals surface area (Å²) in [6.07, 6.45) is 0. The Labute approximate surface area is 121 Å². The molecule has 3 nitrogen and oxygen atoms in total. The molecule has 20 heavy (non-hydrogen) atoms. The van der Waals surface area contributed by atoms with Crippen LogP contribution in [0.25, 0.3) is 11.0 Å². The molecule has 2 unspecified atom stereocenters. The van der Waals surface area contributed by atoms with Crippen molar-refractivity contribution >= 4 is 11.0 Å². The molecular weight excluding hydrogens is 248 g/mol. The molecule has 0 aliphatic heterocycles. The van der Waals surface area contributed by atoms with Crippen molar-refractivity contribution in [2.75, 3.05) is 13.6 Å². The number of fused-ring (bicyclic) bond motifs is 1. The van der Waals surface area contributed by atoms with E-state index in [0.717, 1.165) is 11.3 Å². The molecule has 0 spiro atoms. The van der Waals surface area contributed by atoms with Crippen molar-refractivity contribution in [2.45, 2.75) is 39.8 Å². The number of rotatable bonds is 5. The lowest BCUT2D eigenvalue weighted by Crippen LogP contribution is -2.39. The minimum atomic E-state index is 0.191. The number of para-hydroxylation sites is 1. The largest absolute Gasteiger partial charge is 0.461 e. The molecule has 0 aliphatic carbocycles. The Morgan fingerprint density at radius 1 is 1.20 bits per heavy atom. The lowest BCUT2D eigenvalue weighted by Gasteiger charge is -2.34. The summed E-state index contributed by atoms with van der Waals surface area (Å²) >= 11 is 0. The van der Waals surface area contributed by atoms with E-state index in [9.17, 15) is 0 Å². The first-order valence-electron chi connectivity index (χ1n) is 7.37. The van der Waals surface area contributed by atoms with Crippen molar-refractivity contribution in [1.29, 1.82) is 0 Å². The Morgan fingerprint density at radius 3 is 2.45 bits per heavy atom. The van der Waals surface area contributed by atoms with E-state index < -0.39 is 0 Å². The van der Waals surface area contributed by atoms with Crippen molar-refractivity contribution in [3.8, 4) is 0 Å². The molecule has 1 heterocycles. The Morgan fingerprint density at radius 2 is 1.85 bits per heavy atom. The summed E-state index contributed by atoms with van der Waals surface area (Å²) in [5.41, 5.74) is 8.26. The minimum absolute atomic E-state index is 0.191. The summed E-state index contributed by atoms with van der Waals surface area (Å²) < 4.78 is 5.89. The first-order valence-corrected chi connectivity index (χ1v) is 7.37. The Hall–Kier alpha value is -1.32. The van der Waals surface area contributed by atoms with Gasteiger partial charge in [-0.15, -0.1) is 0 Å².